The molecule has 0 saturated heterocycles. The third-order valence-corrected chi connectivity index (χ3v) is 7.55. The molecule has 1 aromatic rings. The molecule has 2 N–H and O–H groups in total. The number of nitrogens with two attached hydrogens (primary N) is 1. The second kappa shape index (κ2) is 6.89. The molecule has 2 aliphatic rings. The minimum Gasteiger partial charge on any atom is -0.465 e. The van der Waals surface area contributed by atoms with Crippen LogP contribution in [0.2, 0.25) is 0 Å². The van der Waals surface area contributed by atoms with Crippen LogP contribution in [-0.4, -0.2) is 41.6 Å². The number of alkyl halides is 1. The van der Waals surface area contributed by atoms with E-state index in [0.29, 0.717) is 12.2 Å². The van der Waals surface area contributed by atoms with Gasteiger partial charge in [0.05, 0.1) is 13.2 Å². The molecule has 0 bridgehead atoms. The highest BCUT2D eigenvalue weighted by molar-refractivity contribution is 7.99. The Labute approximate surface area is 154 Å². The lowest BCUT2D eigenvalue weighted by Gasteiger charge is -2.33. The molecule has 0 aromatic carbocycles. The second-order valence-electron chi connectivity index (χ2n) is 6.34. The second-order valence-corrected chi connectivity index (χ2v) is 8.56. The number of rotatable bonds is 7. The molecule has 25 heavy (non-hydrogen) atoms. The normalized spacial score (nSPS) is 35.9. The van der Waals surface area contributed by atoms with Crippen LogP contribution in [0.4, 0.5) is 4.39 Å². The van der Waals surface area contributed by atoms with Crippen molar-refractivity contribution < 1.29 is 23.5 Å². The summed E-state index contributed by atoms with van der Waals surface area (Å²) < 4.78 is 25.2. The number of hydrogen-bond donors (Lipinski definition) is 1. The Hall–Kier alpha value is -1.12. The summed E-state index contributed by atoms with van der Waals surface area (Å²) >= 11 is 3.15. The predicted octanol–water partition coefficient (Wildman–Crippen LogP) is 2.53. The maximum Gasteiger partial charge on any atom is 0.344 e. The van der Waals surface area contributed by atoms with Gasteiger partial charge in [-0.25, -0.2) is 14.0 Å². The number of carbonyl (C=O) groups excluding carboxylic acids is 2. The van der Waals surface area contributed by atoms with Crippen LogP contribution in [0.3, 0.4) is 0 Å². The average Bonchev–Trinajstić information content (AvgIpc) is 2.95. The van der Waals surface area contributed by atoms with Gasteiger partial charge in [-0.3, -0.25) is 0 Å². The number of fused-ring (bicyclic) bond motifs is 1. The van der Waals surface area contributed by atoms with Crippen molar-refractivity contribution in [2.75, 3.05) is 13.2 Å². The predicted molar refractivity (Wildman–Crippen MR) is 95.0 cm³/mol. The van der Waals surface area contributed by atoms with Crippen molar-refractivity contribution in [3.05, 3.63) is 22.4 Å². The van der Waals surface area contributed by atoms with Crippen molar-refractivity contribution in [3.8, 4) is 0 Å². The lowest BCUT2D eigenvalue weighted by Crippen LogP contribution is -2.59. The zero-order chi connectivity index (χ0) is 18.2. The van der Waals surface area contributed by atoms with Gasteiger partial charge < -0.3 is 15.2 Å². The van der Waals surface area contributed by atoms with Crippen molar-refractivity contribution in [1.82, 2.24) is 0 Å². The zero-order valence-corrected chi connectivity index (χ0v) is 15.8. The molecule has 8 heteroatoms. The van der Waals surface area contributed by atoms with Crippen LogP contribution in [-0.2, 0) is 24.8 Å². The van der Waals surface area contributed by atoms with Crippen LogP contribution in [0, 0.1) is 11.8 Å². The highest BCUT2D eigenvalue weighted by Crippen LogP contribution is 2.69. The molecular formula is C17H22FNO4S2. The van der Waals surface area contributed by atoms with Gasteiger partial charge >= 0.3 is 11.9 Å². The van der Waals surface area contributed by atoms with E-state index in [9.17, 15) is 9.59 Å². The molecule has 0 radical (unpaired) electrons. The Morgan fingerprint density at radius 3 is 2.64 bits per heavy atom. The van der Waals surface area contributed by atoms with Crippen molar-refractivity contribution >= 4 is 35.0 Å². The molecule has 0 aliphatic heterocycles. The summed E-state index contributed by atoms with van der Waals surface area (Å²) in [5.41, 5.74) is 2.75. The summed E-state index contributed by atoms with van der Waals surface area (Å²) in [6.45, 7) is 3.57. The minimum atomic E-state index is -2.17. The van der Waals surface area contributed by atoms with E-state index in [1.165, 1.54) is 11.8 Å². The van der Waals surface area contributed by atoms with Crippen molar-refractivity contribution in [3.63, 3.8) is 0 Å². The zero-order valence-electron chi connectivity index (χ0n) is 14.2. The van der Waals surface area contributed by atoms with Crippen molar-refractivity contribution in [1.29, 1.82) is 0 Å². The Morgan fingerprint density at radius 1 is 1.36 bits per heavy atom. The van der Waals surface area contributed by atoms with Crippen LogP contribution in [0.1, 0.15) is 25.1 Å². The molecule has 1 heterocycles. The maximum atomic E-state index is 15.2. The van der Waals surface area contributed by atoms with Gasteiger partial charge in [0.15, 0.2) is 0 Å². The Morgan fingerprint density at radius 2 is 2.04 bits per heavy atom. The number of halogens is 1. The molecule has 2 fully saturated rings. The fourth-order valence-electron chi connectivity index (χ4n) is 3.86. The molecule has 0 spiro atoms. The van der Waals surface area contributed by atoms with E-state index in [2.05, 4.69) is 0 Å². The van der Waals surface area contributed by atoms with Gasteiger partial charge in [0.1, 0.15) is 5.54 Å². The third kappa shape index (κ3) is 2.88. The number of ether oxygens (including phenoxy) is 2. The number of thioether (sulfide) groups is 1. The minimum absolute atomic E-state index is 0.0947. The van der Waals surface area contributed by atoms with Crippen molar-refractivity contribution in [2.45, 2.75) is 42.5 Å². The lowest BCUT2D eigenvalue weighted by atomic mass is 9.90. The van der Waals surface area contributed by atoms with E-state index in [-0.39, 0.29) is 18.5 Å². The van der Waals surface area contributed by atoms with E-state index in [1.807, 2.05) is 17.5 Å². The number of esters is 2. The van der Waals surface area contributed by atoms with Gasteiger partial charge in [-0.05, 0) is 31.7 Å². The monoisotopic (exact) mass is 387 g/mol. The Balaban J connectivity index is 1.80. The standard InChI is InChI=1S/C17H22FNO4S2/c1-3-22-14(20)16(18)11-8-12(25-9-10-6-5-7-24-10)17(19,13(11)16)15(21)23-4-2/h5-7,11-13H,3-4,8-9,19H2,1-2H3/t11-,12-,13+,16-,17+/m1/s1. The number of carbonyl (C=O) groups is 2. The molecule has 1 aromatic heterocycles. The number of thiophene rings is 1. The summed E-state index contributed by atoms with van der Waals surface area (Å²) in [6, 6.07) is 3.97. The fraction of sp³-hybridized carbons (Fsp3) is 0.647. The summed E-state index contributed by atoms with van der Waals surface area (Å²) in [4.78, 5) is 25.8. The van der Waals surface area contributed by atoms with Gasteiger partial charge in [0.2, 0.25) is 5.67 Å². The Bertz CT molecular complexity index is 655. The van der Waals surface area contributed by atoms with Crippen LogP contribution < -0.4 is 5.73 Å². The van der Waals surface area contributed by atoms with E-state index in [0.717, 1.165) is 4.88 Å². The van der Waals surface area contributed by atoms with E-state index in [4.69, 9.17) is 15.2 Å². The summed E-state index contributed by atoms with van der Waals surface area (Å²) in [5.74, 6) is -2.31. The summed E-state index contributed by atoms with van der Waals surface area (Å²) in [7, 11) is 0. The molecule has 3 rings (SSSR count). The first-order valence-corrected chi connectivity index (χ1v) is 10.3. The molecular weight excluding hydrogens is 365 g/mol. The van der Waals surface area contributed by atoms with Crippen molar-refractivity contribution in [2.24, 2.45) is 17.6 Å². The lowest BCUT2D eigenvalue weighted by molar-refractivity contribution is -0.156. The number of hydrogen-bond acceptors (Lipinski definition) is 7. The topological polar surface area (TPSA) is 78.6 Å². The van der Waals surface area contributed by atoms with E-state index < -0.39 is 35.0 Å². The van der Waals surface area contributed by atoms with Crippen LogP contribution >= 0.6 is 23.1 Å². The first-order valence-electron chi connectivity index (χ1n) is 8.36. The highest BCUT2D eigenvalue weighted by Gasteiger charge is 2.85. The van der Waals surface area contributed by atoms with Crippen LogP contribution in [0.5, 0.6) is 0 Å². The fourth-order valence-corrected chi connectivity index (χ4v) is 6.15. The largest absolute Gasteiger partial charge is 0.465 e. The van der Waals surface area contributed by atoms with Gasteiger partial charge in [-0.2, -0.15) is 11.8 Å². The van der Waals surface area contributed by atoms with Crippen LogP contribution in [0.15, 0.2) is 17.5 Å². The Kier molecular flexibility index (Phi) is 5.14. The van der Waals surface area contributed by atoms with Gasteiger partial charge in [0.25, 0.3) is 0 Å². The molecule has 5 nitrogen and oxygen atoms in total. The molecule has 0 unspecified atom stereocenters. The first-order chi connectivity index (χ1) is 11.9. The molecule has 2 saturated carbocycles. The van der Waals surface area contributed by atoms with Gasteiger partial charge in [0, 0.05) is 27.7 Å². The SMILES string of the molecule is CCOC(=O)[C@@]1(N)[C@H]2[C@@H](C[C@H]1SCc1cccs1)[C@]2(F)C(=O)OCC. The maximum absolute atomic E-state index is 15.2. The molecule has 0 amide bonds. The molecule has 138 valence electrons. The summed E-state index contributed by atoms with van der Waals surface area (Å²) in [6.07, 6.45) is 0.366. The highest BCUT2D eigenvalue weighted by atomic mass is 32.2. The van der Waals surface area contributed by atoms with Gasteiger partial charge in [-0.1, -0.05) is 6.07 Å². The van der Waals surface area contributed by atoms with Crippen LogP contribution in [0.25, 0.3) is 0 Å². The molecule has 2 aliphatic carbocycles. The average molecular weight is 387 g/mol. The van der Waals surface area contributed by atoms with Gasteiger partial charge in [-0.15, -0.1) is 11.3 Å². The summed E-state index contributed by atoms with van der Waals surface area (Å²) in [5, 5.41) is 1.69. The first kappa shape index (κ1) is 18.7. The quantitative estimate of drug-likeness (QED) is 0.725. The third-order valence-electron chi connectivity index (χ3n) is 5.03. The smallest absolute Gasteiger partial charge is 0.344 e. The van der Waals surface area contributed by atoms with E-state index >= 15 is 4.39 Å². The van der Waals surface area contributed by atoms with E-state index in [1.54, 1.807) is 25.2 Å². The molecule has 5 atom stereocenters.